The smallest absolute Gasteiger partial charge is 0.323 e. The van der Waals surface area contributed by atoms with Gasteiger partial charge in [0.1, 0.15) is 0 Å². The van der Waals surface area contributed by atoms with Crippen molar-refractivity contribution in [3.63, 3.8) is 0 Å². The molecule has 0 radical (unpaired) electrons. The van der Waals surface area contributed by atoms with Crippen LogP contribution in [0.25, 0.3) is 0 Å². The van der Waals surface area contributed by atoms with Crippen molar-refractivity contribution in [2.45, 2.75) is 15.3 Å². The van der Waals surface area contributed by atoms with Crippen LogP contribution in [0.3, 0.4) is 0 Å². The minimum absolute atomic E-state index is 0.132. The van der Waals surface area contributed by atoms with Gasteiger partial charge in [-0.3, -0.25) is 5.84 Å². The lowest BCUT2D eigenvalue weighted by molar-refractivity contribution is -0.0328. The molecule has 0 amide bonds. The van der Waals surface area contributed by atoms with Crippen molar-refractivity contribution in [3.8, 4) is 0 Å². The summed E-state index contributed by atoms with van der Waals surface area (Å²) in [4.78, 5) is 0.845. The molecule has 0 spiro atoms. The zero-order valence-electron chi connectivity index (χ0n) is 7.76. The van der Waals surface area contributed by atoms with Crippen LogP contribution < -0.4 is 11.3 Å². The Bertz CT molecular complexity index is 341. The summed E-state index contributed by atoms with van der Waals surface area (Å²) >= 11 is 1.20. The molecule has 0 saturated heterocycles. The molecule has 0 fully saturated rings. The van der Waals surface area contributed by atoms with Gasteiger partial charge in [-0.25, -0.2) is 0 Å². The lowest BCUT2D eigenvalue weighted by Crippen LogP contribution is -2.07. The van der Waals surface area contributed by atoms with E-state index in [9.17, 15) is 13.2 Å². The summed E-state index contributed by atoms with van der Waals surface area (Å²) in [6.07, 6.45) is 1.78. The predicted octanol–water partition coefficient (Wildman–Crippen LogP) is 3.31. The maximum atomic E-state index is 12.1. The van der Waals surface area contributed by atoms with Crippen LogP contribution in [0.5, 0.6) is 0 Å². The van der Waals surface area contributed by atoms with Crippen LogP contribution in [0, 0.1) is 0 Å². The van der Waals surface area contributed by atoms with Gasteiger partial charge in [0.25, 0.3) is 0 Å². The highest BCUT2D eigenvalue weighted by molar-refractivity contribution is 8.00. The molecular formula is C8H9F3N2S2. The number of nitrogens with one attached hydrogen (secondary N) is 1. The van der Waals surface area contributed by atoms with E-state index in [1.165, 1.54) is 30.0 Å². The number of rotatable bonds is 3. The van der Waals surface area contributed by atoms with Gasteiger partial charge in [0.05, 0.1) is 5.69 Å². The van der Waals surface area contributed by atoms with Crippen LogP contribution in [0.1, 0.15) is 0 Å². The Balaban J connectivity index is 2.93. The summed E-state index contributed by atoms with van der Waals surface area (Å²) in [5.74, 6) is 5.21. The second-order valence-electron chi connectivity index (χ2n) is 2.55. The summed E-state index contributed by atoms with van der Waals surface area (Å²) in [5.41, 5.74) is -1.21. The van der Waals surface area contributed by atoms with Crippen LogP contribution in [0.2, 0.25) is 0 Å². The lowest BCUT2D eigenvalue weighted by atomic mass is 10.3. The normalized spacial score (nSPS) is 11.5. The maximum Gasteiger partial charge on any atom is 0.446 e. The van der Waals surface area contributed by atoms with Gasteiger partial charge in [0, 0.05) is 9.79 Å². The van der Waals surface area contributed by atoms with Gasteiger partial charge in [0.2, 0.25) is 0 Å². The minimum Gasteiger partial charge on any atom is -0.323 e. The monoisotopic (exact) mass is 254 g/mol. The average molecular weight is 254 g/mol. The number of nitrogen functional groups attached to an aromatic ring is 1. The molecule has 0 aliphatic heterocycles. The molecule has 0 bridgehead atoms. The van der Waals surface area contributed by atoms with Crippen LogP contribution in [0.15, 0.2) is 28.0 Å². The number of thioether (sulfide) groups is 2. The highest BCUT2D eigenvalue weighted by atomic mass is 32.2. The Morgan fingerprint density at radius 1 is 1.33 bits per heavy atom. The first-order valence-corrected chi connectivity index (χ1v) is 5.91. The number of anilines is 1. The van der Waals surface area contributed by atoms with E-state index in [2.05, 4.69) is 5.43 Å². The first-order valence-electron chi connectivity index (χ1n) is 3.86. The second kappa shape index (κ2) is 5.00. The minimum atomic E-state index is -4.26. The number of halogens is 3. The molecule has 0 aromatic heterocycles. The van der Waals surface area contributed by atoms with Gasteiger partial charge in [0.15, 0.2) is 0 Å². The molecule has 0 aliphatic carbocycles. The topological polar surface area (TPSA) is 38.0 Å². The Morgan fingerprint density at radius 2 is 2.00 bits per heavy atom. The summed E-state index contributed by atoms with van der Waals surface area (Å²) in [7, 11) is 0. The summed E-state index contributed by atoms with van der Waals surface area (Å²) < 4.78 is 36.2. The van der Waals surface area contributed by atoms with E-state index in [-0.39, 0.29) is 16.7 Å². The fourth-order valence-corrected chi connectivity index (χ4v) is 2.23. The van der Waals surface area contributed by atoms with E-state index in [4.69, 9.17) is 5.84 Å². The molecule has 0 aliphatic rings. The van der Waals surface area contributed by atoms with Crippen LogP contribution >= 0.6 is 23.5 Å². The van der Waals surface area contributed by atoms with Crippen LogP contribution in [0.4, 0.5) is 18.9 Å². The van der Waals surface area contributed by atoms with Crippen molar-refractivity contribution in [1.82, 2.24) is 0 Å². The molecule has 15 heavy (non-hydrogen) atoms. The van der Waals surface area contributed by atoms with Gasteiger partial charge in [-0.2, -0.15) is 13.2 Å². The average Bonchev–Trinajstić information content (AvgIpc) is 2.15. The van der Waals surface area contributed by atoms with Gasteiger partial charge in [-0.1, -0.05) is 0 Å². The Hall–Kier alpha value is -0.530. The molecule has 2 nitrogen and oxygen atoms in total. The van der Waals surface area contributed by atoms with Gasteiger partial charge >= 0.3 is 5.51 Å². The quantitative estimate of drug-likeness (QED) is 0.493. The van der Waals surface area contributed by atoms with Crippen molar-refractivity contribution in [1.29, 1.82) is 0 Å². The fourth-order valence-electron chi connectivity index (χ4n) is 0.988. The standard InChI is InChI=1S/C8H9F3N2S2/c1-14-7-4-5(15-8(9,10)11)2-3-6(7)13-12/h2-4,13H,12H2,1H3. The summed E-state index contributed by atoms with van der Waals surface area (Å²) in [6.45, 7) is 0. The molecule has 7 heteroatoms. The van der Waals surface area contributed by atoms with Crippen molar-refractivity contribution in [3.05, 3.63) is 18.2 Å². The molecule has 1 aromatic carbocycles. The molecule has 3 N–H and O–H groups in total. The zero-order valence-corrected chi connectivity index (χ0v) is 9.39. The number of hydrazine groups is 1. The third-order valence-electron chi connectivity index (χ3n) is 1.56. The third kappa shape index (κ3) is 3.84. The van der Waals surface area contributed by atoms with Crippen molar-refractivity contribution >= 4 is 29.2 Å². The SMILES string of the molecule is CSc1cc(SC(F)(F)F)ccc1NN. The number of benzene rings is 1. The van der Waals surface area contributed by atoms with Crippen LogP contribution in [-0.4, -0.2) is 11.8 Å². The van der Waals surface area contributed by atoms with E-state index in [1.807, 2.05) is 0 Å². The molecule has 1 aromatic rings. The number of hydrogen-bond donors (Lipinski definition) is 2. The van der Waals surface area contributed by atoms with E-state index in [0.29, 0.717) is 10.6 Å². The van der Waals surface area contributed by atoms with E-state index >= 15 is 0 Å². The highest BCUT2D eigenvalue weighted by Crippen LogP contribution is 2.39. The number of alkyl halides is 3. The van der Waals surface area contributed by atoms with Crippen LogP contribution in [-0.2, 0) is 0 Å². The van der Waals surface area contributed by atoms with E-state index in [0.717, 1.165) is 0 Å². The Labute approximate surface area is 93.8 Å². The first-order chi connectivity index (χ1) is 6.96. The summed E-state index contributed by atoms with van der Waals surface area (Å²) in [5, 5.41) is 0. The predicted molar refractivity (Wildman–Crippen MR) is 57.9 cm³/mol. The molecule has 0 heterocycles. The first kappa shape index (κ1) is 12.5. The molecule has 1 rings (SSSR count). The molecule has 0 saturated carbocycles. The molecule has 0 atom stereocenters. The van der Waals surface area contributed by atoms with E-state index < -0.39 is 5.51 Å². The maximum absolute atomic E-state index is 12.1. The summed E-state index contributed by atoms with van der Waals surface area (Å²) in [6, 6.07) is 4.37. The Kier molecular flexibility index (Phi) is 4.18. The second-order valence-corrected chi connectivity index (χ2v) is 4.54. The molecule has 84 valence electrons. The van der Waals surface area contributed by atoms with Gasteiger partial charge in [-0.15, -0.1) is 11.8 Å². The van der Waals surface area contributed by atoms with Gasteiger partial charge < -0.3 is 5.43 Å². The van der Waals surface area contributed by atoms with Crippen molar-refractivity contribution < 1.29 is 13.2 Å². The highest BCUT2D eigenvalue weighted by Gasteiger charge is 2.29. The lowest BCUT2D eigenvalue weighted by Gasteiger charge is -2.10. The molecule has 0 unspecified atom stereocenters. The Morgan fingerprint density at radius 3 is 2.47 bits per heavy atom. The molecular weight excluding hydrogens is 245 g/mol. The number of nitrogens with two attached hydrogens (primary N) is 1. The van der Waals surface area contributed by atoms with Gasteiger partial charge in [-0.05, 0) is 36.2 Å². The number of hydrogen-bond acceptors (Lipinski definition) is 4. The fraction of sp³-hybridized carbons (Fsp3) is 0.250. The van der Waals surface area contributed by atoms with E-state index in [1.54, 1.807) is 6.26 Å². The largest absolute Gasteiger partial charge is 0.446 e. The zero-order chi connectivity index (χ0) is 11.5. The van der Waals surface area contributed by atoms with Crippen molar-refractivity contribution in [2.75, 3.05) is 11.7 Å². The third-order valence-corrected chi connectivity index (χ3v) is 3.06. The van der Waals surface area contributed by atoms with Crippen molar-refractivity contribution in [2.24, 2.45) is 5.84 Å².